The van der Waals surface area contributed by atoms with Crippen LogP contribution in [0.25, 0.3) is 22.0 Å². The van der Waals surface area contributed by atoms with E-state index in [0.717, 1.165) is 25.2 Å². The first-order valence-corrected chi connectivity index (χ1v) is 14.4. The SMILES string of the molecule is CCN(CCN(C)C)c1cc(C(=O)Nc2ccccc2-c2nnc(NS(C)=O)s2)nc(-c2ccccc2)n1. The summed E-state index contributed by atoms with van der Waals surface area (Å²) in [4.78, 5) is 27.2. The van der Waals surface area contributed by atoms with E-state index in [1.807, 2.05) is 62.6 Å². The Hall–Kier alpha value is -3.74. The Labute approximate surface area is 228 Å². The molecule has 0 bridgehead atoms. The summed E-state index contributed by atoms with van der Waals surface area (Å²) < 4.78 is 14.2. The van der Waals surface area contributed by atoms with Crippen molar-refractivity contribution in [2.75, 3.05) is 54.9 Å². The Morgan fingerprint density at radius 3 is 2.45 bits per heavy atom. The van der Waals surface area contributed by atoms with Crippen molar-refractivity contribution in [1.29, 1.82) is 0 Å². The van der Waals surface area contributed by atoms with E-state index in [2.05, 4.69) is 41.9 Å². The highest BCUT2D eigenvalue weighted by atomic mass is 32.2. The van der Waals surface area contributed by atoms with Crippen LogP contribution in [0, 0.1) is 0 Å². The smallest absolute Gasteiger partial charge is 0.274 e. The Morgan fingerprint density at radius 2 is 1.74 bits per heavy atom. The molecule has 2 aromatic heterocycles. The standard InChI is InChI=1S/C26H30N8O2S2/c1-5-34(16-15-33(2)3)22-17-21(27-23(29-22)18-11-7-6-8-12-18)24(35)28-20-14-10-9-13-19(20)25-30-31-26(37-25)32-38(4)36/h6-14,17H,5,15-16H2,1-4H3,(H,28,35)(H,31,32). The highest BCUT2D eigenvalue weighted by Crippen LogP contribution is 2.32. The van der Waals surface area contributed by atoms with Gasteiger partial charge < -0.3 is 15.1 Å². The van der Waals surface area contributed by atoms with Gasteiger partial charge in [0.05, 0.1) is 5.69 Å². The second kappa shape index (κ2) is 12.7. The summed E-state index contributed by atoms with van der Waals surface area (Å²) in [7, 11) is 2.79. The maximum atomic E-state index is 13.5. The number of nitrogens with zero attached hydrogens (tertiary/aromatic N) is 6. The Morgan fingerprint density at radius 1 is 1.00 bits per heavy atom. The quantitative estimate of drug-likeness (QED) is 0.288. The number of nitrogens with one attached hydrogen (secondary N) is 2. The van der Waals surface area contributed by atoms with E-state index in [4.69, 9.17) is 4.98 Å². The molecule has 0 saturated heterocycles. The predicted octanol–water partition coefficient (Wildman–Crippen LogP) is 4.01. The van der Waals surface area contributed by atoms with Crippen molar-refractivity contribution in [3.63, 3.8) is 0 Å². The lowest BCUT2D eigenvalue weighted by molar-refractivity contribution is 0.102. The molecule has 4 rings (SSSR count). The highest BCUT2D eigenvalue weighted by molar-refractivity contribution is 7.85. The average molecular weight is 551 g/mol. The maximum Gasteiger partial charge on any atom is 0.274 e. The predicted molar refractivity (Wildman–Crippen MR) is 155 cm³/mol. The molecule has 2 N–H and O–H groups in total. The normalized spacial score (nSPS) is 11.8. The van der Waals surface area contributed by atoms with E-state index in [1.54, 1.807) is 12.1 Å². The lowest BCUT2D eigenvalue weighted by atomic mass is 10.1. The van der Waals surface area contributed by atoms with Gasteiger partial charge in [-0.2, -0.15) is 0 Å². The molecule has 10 nitrogen and oxygen atoms in total. The van der Waals surface area contributed by atoms with Crippen LogP contribution in [0.2, 0.25) is 0 Å². The summed E-state index contributed by atoms with van der Waals surface area (Å²) in [6, 6.07) is 18.7. The van der Waals surface area contributed by atoms with Gasteiger partial charge in [0.15, 0.2) is 10.8 Å². The van der Waals surface area contributed by atoms with E-state index in [1.165, 1.54) is 17.6 Å². The van der Waals surface area contributed by atoms with Gasteiger partial charge in [-0.1, -0.05) is 53.8 Å². The summed E-state index contributed by atoms with van der Waals surface area (Å²) in [5.74, 6) is 0.811. The van der Waals surface area contributed by atoms with Crippen molar-refractivity contribution in [3.8, 4) is 22.0 Å². The average Bonchev–Trinajstić information content (AvgIpc) is 3.37. The molecule has 0 aliphatic heterocycles. The molecular weight excluding hydrogens is 520 g/mol. The molecule has 1 atom stereocenters. The van der Waals surface area contributed by atoms with Crippen molar-refractivity contribution in [1.82, 2.24) is 25.1 Å². The first kappa shape index (κ1) is 27.3. The van der Waals surface area contributed by atoms with Crippen LogP contribution in [0.4, 0.5) is 16.6 Å². The Bertz CT molecular complexity index is 1410. The summed E-state index contributed by atoms with van der Waals surface area (Å²) in [5, 5.41) is 12.3. The summed E-state index contributed by atoms with van der Waals surface area (Å²) in [6.07, 6.45) is 1.52. The summed E-state index contributed by atoms with van der Waals surface area (Å²) >= 11 is 1.25. The largest absolute Gasteiger partial charge is 0.355 e. The fraction of sp³-hybridized carbons (Fsp3) is 0.269. The molecule has 2 heterocycles. The minimum absolute atomic E-state index is 0.257. The van der Waals surface area contributed by atoms with Crippen molar-refractivity contribution in [3.05, 3.63) is 66.4 Å². The number of amides is 1. The van der Waals surface area contributed by atoms with Crippen molar-refractivity contribution in [2.24, 2.45) is 0 Å². The number of hydrogen-bond acceptors (Lipinski definition) is 9. The van der Waals surface area contributed by atoms with Gasteiger partial charge in [0.2, 0.25) is 5.13 Å². The summed E-state index contributed by atoms with van der Waals surface area (Å²) in [6.45, 7) is 4.40. The molecule has 0 radical (unpaired) electrons. The third-order valence-electron chi connectivity index (χ3n) is 5.56. The van der Waals surface area contributed by atoms with Crippen LogP contribution >= 0.6 is 11.3 Å². The number of benzene rings is 2. The minimum Gasteiger partial charge on any atom is -0.355 e. The lowest BCUT2D eigenvalue weighted by Crippen LogP contribution is -2.32. The lowest BCUT2D eigenvalue weighted by Gasteiger charge is -2.24. The topological polar surface area (TPSA) is 116 Å². The van der Waals surface area contributed by atoms with Crippen LogP contribution in [-0.2, 0) is 11.0 Å². The zero-order valence-corrected chi connectivity index (χ0v) is 23.3. The molecule has 0 spiro atoms. The van der Waals surface area contributed by atoms with Gasteiger partial charge in [-0.15, -0.1) is 10.2 Å². The van der Waals surface area contributed by atoms with Crippen LogP contribution in [0.1, 0.15) is 17.4 Å². The van der Waals surface area contributed by atoms with Crippen LogP contribution in [-0.4, -0.2) is 75.2 Å². The van der Waals surface area contributed by atoms with E-state index in [-0.39, 0.29) is 11.6 Å². The zero-order valence-electron chi connectivity index (χ0n) is 21.7. The molecule has 1 unspecified atom stereocenters. The fourth-order valence-electron chi connectivity index (χ4n) is 3.65. The monoisotopic (exact) mass is 550 g/mol. The summed E-state index contributed by atoms with van der Waals surface area (Å²) in [5.41, 5.74) is 2.36. The van der Waals surface area contributed by atoms with E-state index in [9.17, 15) is 9.00 Å². The number of carbonyl (C=O) groups is 1. The fourth-order valence-corrected chi connectivity index (χ4v) is 5.09. The minimum atomic E-state index is -1.26. The number of carbonyl (C=O) groups excluding carboxylic acids is 1. The molecule has 2 aromatic carbocycles. The molecule has 0 aliphatic carbocycles. The molecule has 38 heavy (non-hydrogen) atoms. The second-order valence-electron chi connectivity index (χ2n) is 8.65. The second-order valence-corrected chi connectivity index (χ2v) is 10.7. The van der Waals surface area contributed by atoms with Gasteiger partial charge in [-0.3, -0.25) is 9.52 Å². The number of hydrogen-bond donors (Lipinski definition) is 2. The third-order valence-corrected chi connectivity index (χ3v) is 7.04. The molecule has 0 saturated carbocycles. The number of anilines is 3. The van der Waals surface area contributed by atoms with E-state index >= 15 is 0 Å². The number of para-hydroxylation sites is 1. The van der Waals surface area contributed by atoms with E-state index < -0.39 is 11.0 Å². The van der Waals surface area contributed by atoms with Crippen molar-refractivity contribution in [2.45, 2.75) is 6.92 Å². The maximum absolute atomic E-state index is 13.5. The first-order valence-electron chi connectivity index (χ1n) is 12.0. The highest BCUT2D eigenvalue weighted by Gasteiger charge is 2.19. The molecule has 0 fully saturated rings. The molecule has 12 heteroatoms. The van der Waals surface area contributed by atoms with Crippen molar-refractivity contribution >= 4 is 44.9 Å². The van der Waals surface area contributed by atoms with Crippen LogP contribution in [0.3, 0.4) is 0 Å². The van der Waals surface area contributed by atoms with Gasteiger partial charge in [-0.25, -0.2) is 14.2 Å². The molecular formula is C26H30N8O2S2. The van der Waals surface area contributed by atoms with Gasteiger partial charge >= 0.3 is 0 Å². The molecule has 1 amide bonds. The zero-order chi connectivity index (χ0) is 27.1. The van der Waals surface area contributed by atoms with Crippen LogP contribution < -0.4 is 14.9 Å². The van der Waals surface area contributed by atoms with Gasteiger partial charge in [-0.05, 0) is 33.2 Å². The van der Waals surface area contributed by atoms with Crippen LogP contribution in [0.5, 0.6) is 0 Å². The Kier molecular flexibility index (Phi) is 9.10. The number of rotatable bonds is 11. The van der Waals surface area contributed by atoms with Gasteiger partial charge in [0, 0.05) is 43.1 Å². The number of aromatic nitrogens is 4. The molecule has 198 valence electrons. The first-order chi connectivity index (χ1) is 18.3. The molecule has 4 aromatic rings. The van der Waals surface area contributed by atoms with Crippen LogP contribution in [0.15, 0.2) is 60.7 Å². The Balaban J connectivity index is 1.68. The van der Waals surface area contributed by atoms with Crippen molar-refractivity contribution < 1.29 is 9.00 Å². The third kappa shape index (κ3) is 6.97. The van der Waals surface area contributed by atoms with Gasteiger partial charge in [0.25, 0.3) is 5.91 Å². The van der Waals surface area contributed by atoms with Gasteiger partial charge in [0.1, 0.15) is 22.5 Å². The number of likely N-dealkylation sites (N-methyl/N-ethyl adjacent to an activating group) is 2. The molecule has 0 aliphatic rings. The van der Waals surface area contributed by atoms with E-state index in [0.29, 0.717) is 33.0 Å².